The second-order valence-corrected chi connectivity index (χ2v) is 6.22. The van der Waals surface area contributed by atoms with Crippen LogP contribution in [-0.4, -0.2) is 5.97 Å². The molecule has 3 heteroatoms. The van der Waals surface area contributed by atoms with Gasteiger partial charge in [0.15, 0.2) is 6.10 Å². The van der Waals surface area contributed by atoms with Gasteiger partial charge in [0, 0.05) is 11.1 Å². The Hall–Kier alpha value is -3.07. The molecular weight excluding hydrogens is 312 g/mol. The molecular formula is C22H18O3. The van der Waals surface area contributed by atoms with Crippen molar-refractivity contribution in [1.82, 2.24) is 0 Å². The van der Waals surface area contributed by atoms with Crippen molar-refractivity contribution in [3.8, 4) is 5.75 Å². The Morgan fingerprint density at radius 1 is 0.960 bits per heavy atom. The first kappa shape index (κ1) is 15.5. The summed E-state index contributed by atoms with van der Waals surface area (Å²) in [5.74, 6) is 0.495. The summed E-state index contributed by atoms with van der Waals surface area (Å²) in [6.07, 6.45) is -0.373. The lowest BCUT2D eigenvalue weighted by molar-refractivity contribution is 0.0455. The fourth-order valence-corrected chi connectivity index (χ4v) is 3.07. The van der Waals surface area contributed by atoms with Crippen molar-refractivity contribution in [1.29, 1.82) is 0 Å². The highest BCUT2D eigenvalue weighted by atomic mass is 16.5. The number of carbonyl (C=O) groups is 1. The first-order chi connectivity index (χ1) is 12.2. The highest BCUT2D eigenvalue weighted by Crippen LogP contribution is 2.37. The summed E-state index contributed by atoms with van der Waals surface area (Å²) in [5.41, 5.74) is 4.71. The quantitative estimate of drug-likeness (QED) is 0.643. The molecule has 3 nitrogen and oxygen atoms in total. The van der Waals surface area contributed by atoms with Gasteiger partial charge in [-0.1, -0.05) is 60.2 Å². The highest BCUT2D eigenvalue weighted by molar-refractivity contribution is 5.94. The standard InChI is InChI=1S/C22H18O3/c1-15-10-11-19-20(12-15)21(25-22(19)23)17-8-5-9-18(13-17)24-14-16-6-3-2-4-7-16/h2-13,21H,14H2,1H3. The van der Waals surface area contributed by atoms with Gasteiger partial charge in [0.25, 0.3) is 0 Å². The summed E-state index contributed by atoms with van der Waals surface area (Å²) in [5, 5.41) is 0. The van der Waals surface area contributed by atoms with Crippen LogP contribution >= 0.6 is 0 Å². The van der Waals surface area contributed by atoms with E-state index in [2.05, 4.69) is 0 Å². The molecule has 0 N–H and O–H groups in total. The first-order valence-electron chi connectivity index (χ1n) is 8.29. The zero-order valence-corrected chi connectivity index (χ0v) is 13.9. The Bertz CT molecular complexity index is 916. The van der Waals surface area contributed by atoms with Crippen molar-refractivity contribution in [2.24, 2.45) is 0 Å². The normalized spacial score (nSPS) is 15.6. The number of hydrogen-bond acceptors (Lipinski definition) is 3. The molecule has 124 valence electrons. The molecule has 25 heavy (non-hydrogen) atoms. The number of ether oxygens (including phenoxy) is 2. The Kier molecular flexibility index (Phi) is 3.98. The first-order valence-corrected chi connectivity index (χ1v) is 8.29. The van der Waals surface area contributed by atoms with E-state index in [9.17, 15) is 4.79 Å². The second-order valence-electron chi connectivity index (χ2n) is 6.22. The monoisotopic (exact) mass is 330 g/mol. The minimum absolute atomic E-state index is 0.268. The molecule has 0 aromatic heterocycles. The van der Waals surface area contributed by atoms with Crippen LogP contribution in [-0.2, 0) is 11.3 Å². The van der Waals surface area contributed by atoms with Crippen LogP contribution in [0.25, 0.3) is 0 Å². The Morgan fingerprint density at radius 3 is 2.64 bits per heavy atom. The summed E-state index contributed by atoms with van der Waals surface area (Å²) in [6, 6.07) is 23.6. The van der Waals surface area contributed by atoms with Crippen LogP contribution in [0.4, 0.5) is 0 Å². The van der Waals surface area contributed by atoms with E-state index < -0.39 is 0 Å². The highest BCUT2D eigenvalue weighted by Gasteiger charge is 2.32. The lowest BCUT2D eigenvalue weighted by Gasteiger charge is -2.13. The van der Waals surface area contributed by atoms with Gasteiger partial charge in [0.1, 0.15) is 12.4 Å². The zero-order valence-electron chi connectivity index (χ0n) is 13.9. The van der Waals surface area contributed by atoms with Crippen molar-refractivity contribution in [2.75, 3.05) is 0 Å². The number of cyclic esters (lactones) is 1. The van der Waals surface area contributed by atoms with Crippen LogP contribution in [0.1, 0.15) is 38.7 Å². The molecule has 0 bridgehead atoms. The summed E-state index contributed by atoms with van der Waals surface area (Å²) >= 11 is 0. The van der Waals surface area contributed by atoms with Gasteiger partial charge in [-0.3, -0.25) is 0 Å². The molecule has 4 rings (SSSR count). The van der Waals surface area contributed by atoms with Crippen LogP contribution in [0.5, 0.6) is 5.75 Å². The third-order valence-electron chi connectivity index (χ3n) is 4.34. The van der Waals surface area contributed by atoms with E-state index in [1.165, 1.54) is 0 Å². The Morgan fingerprint density at radius 2 is 1.80 bits per heavy atom. The molecule has 0 saturated carbocycles. The van der Waals surface area contributed by atoms with E-state index in [0.717, 1.165) is 28.0 Å². The lowest BCUT2D eigenvalue weighted by Crippen LogP contribution is -2.02. The Labute approximate surface area is 146 Å². The van der Waals surface area contributed by atoms with Crippen molar-refractivity contribution in [2.45, 2.75) is 19.6 Å². The summed E-state index contributed by atoms with van der Waals surface area (Å²) in [7, 11) is 0. The largest absolute Gasteiger partial charge is 0.489 e. The molecule has 0 fully saturated rings. The maximum Gasteiger partial charge on any atom is 0.339 e. The molecule has 0 amide bonds. The van der Waals surface area contributed by atoms with Gasteiger partial charge in [0.2, 0.25) is 0 Å². The van der Waals surface area contributed by atoms with E-state index >= 15 is 0 Å². The predicted octanol–water partition coefficient (Wildman–Crippen LogP) is 4.83. The van der Waals surface area contributed by atoms with Crippen molar-refractivity contribution >= 4 is 5.97 Å². The van der Waals surface area contributed by atoms with E-state index in [-0.39, 0.29) is 12.1 Å². The zero-order chi connectivity index (χ0) is 17.2. The van der Waals surface area contributed by atoms with Crippen molar-refractivity contribution in [3.05, 3.63) is 101 Å². The average molecular weight is 330 g/mol. The maximum absolute atomic E-state index is 12.1. The smallest absolute Gasteiger partial charge is 0.339 e. The van der Waals surface area contributed by atoms with Crippen molar-refractivity contribution in [3.63, 3.8) is 0 Å². The summed E-state index contributed by atoms with van der Waals surface area (Å²) in [4.78, 5) is 12.1. The van der Waals surface area contributed by atoms with Gasteiger partial charge >= 0.3 is 5.97 Å². The number of fused-ring (bicyclic) bond motifs is 1. The fraction of sp³-hybridized carbons (Fsp3) is 0.136. The SMILES string of the molecule is Cc1ccc2c(c1)C(c1cccc(OCc3ccccc3)c1)OC2=O. The van der Waals surface area contributed by atoms with E-state index in [1.807, 2.05) is 79.7 Å². The van der Waals surface area contributed by atoms with E-state index in [4.69, 9.17) is 9.47 Å². The lowest BCUT2D eigenvalue weighted by atomic mass is 9.97. The van der Waals surface area contributed by atoms with Gasteiger partial charge in [-0.2, -0.15) is 0 Å². The van der Waals surface area contributed by atoms with E-state index in [1.54, 1.807) is 0 Å². The molecule has 1 aliphatic rings. The number of esters is 1. The van der Waals surface area contributed by atoms with Crippen LogP contribution in [0.2, 0.25) is 0 Å². The number of rotatable bonds is 4. The van der Waals surface area contributed by atoms with Crippen LogP contribution < -0.4 is 4.74 Å². The molecule has 0 spiro atoms. The van der Waals surface area contributed by atoms with Gasteiger partial charge in [-0.05, 0) is 30.7 Å². The molecule has 0 radical (unpaired) electrons. The fourth-order valence-electron chi connectivity index (χ4n) is 3.07. The number of benzene rings is 3. The molecule has 0 saturated heterocycles. The molecule has 3 aromatic carbocycles. The third kappa shape index (κ3) is 3.13. The summed E-state index contributed by atoms with van der Waals surface area (Å²) in [6.45, 7) is 2.52. The van der Waals surface area contributed by atoms with Crippen molar-refractivity contribution < 1.29 is 14.3 Å². The van der Waals surface area contributed by atoms with Gasteiger partial charge < -0.3 is 9.47 Å². The molecule has 1 atom stereocenters. The third-order valence-corrected chi connectivity index (χ3v) is 4.34. The second kappa shape index (κ2) is 6.44. The van der Waals surface area contributed by atoms with Gasteiger partial charge in [-0.15, -0.1) is 0 Å². The molecule has 0 aliphatic carbocycles. The number of carbonyl (C=O) groups excluding carboxylic acids is 1. The predicted molar refractivity (Wildman–Crippen MR) is 95.7 cm³/mol. The minimum atomic E-state index is -0.373. The minimum Gasteiger partial charge on any atom is -0.489 e. The number of hydrogen-bond donors (Lipinski definition) is 0. The summed E-state index contributed by atoms with van der Waals surface area (Å²) < 4.78 is 11.5. The number of aryl methyl sites for hydroxylation is 1. The van der Waals surface area contributed by atoms with Crippen LogP contribution in [0, 0.1) is 6.92 Å². The molecule has 3 aromatic rings. The molecule has 1 unspecified atom stereocenters. The Balaban J connectivity index is 1.58. The maximum atomic E-state index is 12.1. The van der Waals surface area contributed by atoms with Crippen LogP contribution in [0.15, 0.2) is 72.8 Å². The molecule has 1 heterocycles. The van der Waals surface area contributed by atoms with Crippen LogP contribution in [0.3, 0.4) is 0 Å². The average Bonchev–Trinajstić information content (AvgIpc) is 2.97. The molecule has 1 aliphatic heterocycles. The van der Waals surface area contributed by atoms with Gasteiger partial charge in [0.05, 0.1) is 5.56 Å². The topological polar surface area (TPSA) is 35.5 Å². The van der Waals surface area contributed by atoms with E-state index in [0.29, 0.717) is 12.2 Å². The van der Waals surface area contributed by atoms with Gasteiger partial charge in [-0.25, -0.2) is 4.79 Å².